The Labute approximate surface area is 128 Å². The van der Waals surface area contributed by atoms with E-state index in [4.69, 9.17) is 25.4 Å². The van der Waals surface area contributed by atoms with Crippen LogP contribution in [0.2, 0.25) is 0 Å². The van der Waals surface area contributed by atoms with Crippen LogP contribution in [0.5, 0.6) is 0 Å². The van der Waals surface area contributed by atoms with Crippen LogP contribution in [-0.2, 0) is 26.7 Å². The van der Waals surface area contributed by atoms with E-state index in [0.717, 1.165) is 0 Å². The molecule has 0 saturated carbocycles. The van der Waals surface area contributed by atoms with Crippen molar-refractivity contribution in [3.05, 3.63) is 21.7 Å². The van der Waals surface area contributed by atoms with Gasteiger partial charge in [0.15, 0.2) is 0 Å². The molecular weight excluding hydrogens is 317 g/mol. The minimum atomic E-state index is -2.49. The Kier molecular flexibility index (Phi) is 6.54. The lowest BCUT2D eigenvalue weighted by Gasteiger charge is -2.25. The third-order valence-electron chi connectivity index (χ3n) is 2.34. The molecule has 1 aromatic rings. The van der Waals surface area contributed by atoms with E-state index in [1.807, 2.05) is 27.7 Å². The van der Waals surface area contributed by atoms with Crippen molar-refractivity contribution in [2.24, 2.45) is 0 Å². The summed E-state index contributed by atoms with van der Waals surface area (Å²) in [5.74, 6) is 0.919. The first-order chi connectivity index (χ1) is 9.14. The molecule has 20 heavy (non-hydrogen) atoms. The Hall–Kier alpha value is -0.0700. The van der Waals surface area contributed by atoms with E-state index >= 15 is 0 Å². The molecule has 0 radical (unpaired) electrons. The van der Waals surface area contributed by atoms with E-state index in [9.17, 15) is 4.79 Å². The fourth-order valence-corrected chi connectivity index (χ4v) is 6.64. The van der Waals surface area contributed by atoms with Crippen LogP contribution in [0.25, 0.3) is 0 Å². The molecule has 1 heterocycles. The number of aromatic nitrogens is 1. The van der Waals surface area contributed by atoms with Gasteiger partial charge in [-0.05, 0) is 64.7 Å². The van der Waals surface area contributed by atoms with Gasteiger partial charge in [-0.2, -0.15) is 4.74 Å². The summed E-state index contributed by atoms with van der Waals surface area (Å²) in [4.78, 5) is 11.9. The second kappa shape index (κ2) is 7.27. The molecule has 0 bridgehead atoms. The van der Waals surface area contributed by atoms with E-state index < -0.39 is 5.69 Å². The molecule has 0 saturated heterocycles. The van der Waals surface area contributed by atoms with Crippen LogP contribution in [0.1, 0.15) is 39.0 Å². The summed E-state index contributed by atoms with van der Waals surface area (Å²) < 4.78 is 18.2. The Bertz CT molecular complexity index is 536. The van der Waals surface area contributed by atoms with Crippen molar-refractivity contribution in [1.82, 2.24) is 4.74 Å². The lowest BCUT2D eigenvalue weighted by molar-refractivity contribution is 0.185. The molecule has 0 amide bonds. The van der Waals surface area contributed by atoms with Crippen LogP contribution in [0.15, 0.2) is 9.32 Å². The standard InChI is InChI=1S/C12H22NO4PS2/c1-8(2)16-18(19,17-9(3)4)20-7-13-12(14)10(5)11(6)15-13/h8-9H,7H2,1-6H3. The van der Waals surface area contributed by atoms with Crippen molar-refractivity contribution in [3.8, 4) is 0 Å². The Morgan fingerprint density at radius 3 is 2.10 bits per heavy atom. The molecule has 0 aliphatic carbocycles. The van der Waals surface area contributed by atoms with Gasteiger partial charge in [-0.15, -0.1) is 0 Å². The lowest BCUT2D eigenvalue weighted by atomic mass is 10.3. The number of nitrogens with zero attached hydrogens (tertiary/aromatic N) is 1. The summed E-state index contributed by atoms with van der Waals surface area (Å²) >= 11 is 6.83. The molecule has 5 nitrogen and oxygen atoms in total. The molecule has 0 atom stereocenters. The average Bonchev–Trinajstić information content (AvgIpc) is 2.52. The topological polar surface area (TPSA) is 53.6 Å². The highest BCUT2D eigenvalue weighted by Crippen LogP contribution is 2.62. The van der Waals surface area contributed by atoms with Gasteiger partial charge in [0.1, 0.15) is 11.6 Å². The third-order valence-corrected chi connectivity index (χ3v) is 7.64. The van der Waals surface area contributed by atoms with Gasteiger partial charge in [0, 0.05) is 0 Å². The number of hydrogen-bond donors (Lipinski definition) is 0. The first kappa shape index (κ1) is 18.0. The van der Waals surface area contributed by atoms with Crippen LogP contribution < -0.4 is 5.56 Å². The van der Waals surface area contributed by atoms with Gasteiger partial charge in [0.2, 0.25) is 5.69 Å². The summed E-state index contributed by atoms with van der Waals surface area (Å²) in [6.45, 7) is 11.2. The molecule has 0 spiro atoms. The normalized spacial score (nSPS) is 12.6. The van der Waals surface area contributed by atoms with Crippen molar-refractivity contribution >= 4 is 28.9 Å². The molecular formula is C12H22NO4PS2. The fraction of sp³-hybridized carbons (Fsp3) is 0.750. The van der Waals surface area contributed by atoms with Gasteiger partial charge in [-0.25, -0.2) is 0 Å². The first-order valence-corrected chi connectivity index (χ1v) is 10.7. The second-order valence-electron chi connectivity index (χ2n) is 4.97. The zero-order chi connectivity index (χ0) is 15.5. The molecule has 0 aromatic carbocycles. The van der Waals surface area contributed by atoms with Gasteiger partial charge in [0.25, 0.3) is 5.56 Å². The Morgan fingerprint density at radius 1 is 1.25 bits per heavy atom. The largest absolute Gasteiger partial charge is 0.380 e. The van der Waals surface area contributed by atoms with E-state index in [1.165, 1.54) is 16.1 Å². The van der Waals surface area contributed by atoms with Gasteiger partial charge >= 0.3 is 0 Å². The van der Waals surface area contributed by atoms with E-state index in [1.54, 1.807) is 13.8 Å². The van der Waals surface area contributed by atoms with Crippen molar-refractivity contribution in [2.45, 2.75) is 59.6 Å². The molecule has 0 N–H and O–H groups in total. The van der Waals surface area contributed by atoms with Crippen LogP contribution in [0.4, 0.5) is 0 Å². The maximum atomic E-state index is 11.9. The predicted octanol–water partition coefficient (Wildman–Crippen LogP) is 3.82. The maximum absolute atomic E-state index is 11.9. The van der Waals surface area contributed by atoms with E-state index in [2.05, 4.69) is 0 Å². The van der Waals surface area contributed by atoms with Crippen LogP contribution in [-0.4, -0.2) is 16.9 Å². The molecule has 8 heteroatoms. The van der Waals surface area contributed by atoms with E-state index in [-0.39, 0.29) is 17.8 Å². The van der Waals surface area contributed by atoms with Crippen LogP contribution in [0, 0.1) is 13.8 Å². The smallest absolute Gasteiger partial charge is 0.286 e. The fourth-order valence-electron chi connectivity index (χ4n) is 1.42. The Morgan fingerprint density at radius 2 is 1.75 bits per heavy atom. The van der Waals surface area contributed by atoms with Gasteiger partial charge in [0.05, 0.1) is 17.8 Å². The van der Waals surface area contributed by atoms with Crippen molar-refractivity contribution < 1.29 is 13.6 Å². The molecule has 0 unspecified atom stereocenters. The monoisotopic (exact) mass is 339 g/mol. The summed E-state index contributed by atoms with van der Waals surface area (Å²) in [7, 11) is 0. The number of hydrogen-bond acceptors (Lipinski definition) is 6. The number of aryl methyl sites for hydroxylation is 1. The Balaban J connectivity index is 2.83. The second-order valence-corrected chi connectivity index (χ2v) is 11.2. The molecule has 0 fully saturated rings. The predicted molar refractivity (Wildman–Crippen MR) is 86.8 cm³/mol. The van der Waals surface area contributed by atoms with Crippen molar-refractivity contribution in [1.29, 1.82) is 0 Å². The van der Waals surface area contributed by atoms with Crippen molar-refractivity contribution in [2.75, 3.05) is 0 Å². The minimum absolute atomic E-state index is 0.0242. The lowest BCUT2D eigenvalue weighted by Crippen LogP contribution is -2.15. The highest BCUT2D eigenvalue weighted by molar-refractivity contribution is 8.67. The zero-order valence-corrected chi connectivity index (χ0v) is 15.2. The molecule has 1 aromatic heterocycles. The first-order valence-electron chi connectivity index (χ1n) is 6.43. The third kappa shape index (κ3) is 5.04. The highest BCUT2D eigenvalue weighted by Gasteiger charge is 2.24. The summed E-state index contributed by atoms with van der Waals surface area (Å²) in [5.41, 5.74) is -2.01. The van der Waals surface area contributed by atoms with Gasteiger partial charge < -0.3 is 13.6 Å². The summed E-state index contributed by atoms with van der Waals surface area (Å²) in [6, 6.07) is 0. The number of rotatable bonds is 7. The molecule has 116 valence electrons. The highest BCUT2D eigenvalue weighted by atomic mass is 32.9. The van der Waals surface area contributed by atoms with Crippen molar-refractivity contribution in [3.63, 3.8) is 0 Å². The summed E-state index contributed by atoms with van der Waals surface area (Å²) in [6.07, 6.45) is -0.0484. The van der Waals surface area contributed by atoms with Gasteiger partial charge in [-0.3, -0.25) is 4.79 Å². The maximum Gasteiger partial charge on any atom is 0.286 e. The molecule has 0 aliphatic heterocycles. The average molecular weight is 339 g/mol. The van der Waals surface area contributed by atoms with Crippen LogP contribution in [0.3, 0.4) is 0 Å². The summed E-state index contributed by atoms with van der Waals surface area (Å²) in [5, 5.41) is 0. The quantitative estimate of drug-likeness (QED) is 0.704. The molecule has 0 aliphatic rings. The van der Waals surface area contributed by atoms with Gasteiger partial charge in [-0.1, -0.05) is 0 Å². The zero-order valence-electron chi connectivity index (χ0n) is 12.7. The SMILES string of the molecule is Cc1on(CSP(=S)(OC(C)C)OC(C)C)c(=O)c1C. The van der Waals surface area contributed by atoms with Crippen LogP contribution >= 0.6 is 17.1 Å². The van der Waals surface area contributed by atoms with E-state index in [0.29, 0.717) is 17.2 Å². The molecule has 1 rings (SSSR count). The minimum Gasteiger partial charge on any atom is -0.380 e.